The Morgan fingerprint density at radius 1 is 1.00 bits per heavy atom. The lowest BCUT2D eigenvalue weighted by Gasteiger charge is -2.07. The fourth-order valence-electron chi connectivity index (χ4n) is 3.03. The van der Waals surface area contributed by atoms with Gasteiger partial charge in [-0.1, -0.05) is 6.07 Å². The number of ether oxygens (including phenoxy) is 1. The van der Waals surface area contributed by atoms with Crippen LogP contribution in [-0.4, -0.2) is 22.1 Å². The van der Waals surface area contributed by atoms with Gasteiger partial charge in [0, 0.05) is 18.6 Å². The van der Waals surface area contributed by atoms with E-state index in [2.05, 4.69) is 15.0 Å². The van der Waals surface area contributed by atoms with Gasteiger partial charge in [-0.3, -0.25) is 4.98 Å². The SMILES string of the molecule is COc1cc([C@H]2C[C@H]2c2cnc(-c3ccccn3)nc2)cc(F)c1F. The number of rotatable bonds is 4. The molecule has 3 aromatic rings. The first-order valence-corrected chi connectivity index (χ1v) is 7.93. The van der Waals surface area contributed by atoms with E-state index in [1.165, 1.54) is 13.2 Å². The van der Waals surface area contributed by atoms with Gasteiger partial charge in [-0.2, -0.15) is 4.39 Å². The Bertz CT molecular complexity index is 901. The van der Waals surface area contributed by atoms with Crippen LogP contribution in [0.3, 0.4) is 0 Å². The lowest BCUT2D eigenvalue weighted by atomic mass is 10.1. The fraction of sp³-hybridized carbons (Fsp3) is 0.211. The molecule has 2 aromatic heterocycles. The highest BCUT2D eigenvalue weighted by atomic mass is 19.2. The highest BCUT2D eigenvalue weighted by Crippen LogP contribution is 2.55. The van der Waals surface area contributed by atoms with E-state index in [1.807, 2.05) is 18.2 Å². The van der Waals surface area contributed by atoms with Crippen molar-refractivity contribution in [3.05, 3.63) is 71.7 Å². The monoisotopic (exact) mass is 339 g/mol. The molecule has 2 heterocycles. The molecular weight excluding hydrogens is 324 g/mol. The quantitative estimate of drug-likeness (QED) is 0.718. The van der Waals surface area contributed by atoms with Gasteiger partial charge in [-0.15, -0.1) is 0 Å². The molecule has 1 fully saturated rings. The Hall–Kier alpha value is -2.89. The number of pyridine rings is 1. The summed E-state index contributed by atoms with van der Waals surface area (Å²) in [5.41, 5.74) is 2.43. The van der Waals surface area contributed by atoms with Gasteiger partial charge >= 0.3 is 0 Å². The third-order valence-electron chi connectivity index (χ3n) is 4.45. The number of aromatic nitrogens is 3. The molecule has 0 aliphatic heterocycles. The van der Waals surface area contributed by atoms with Crippen LogP contribution >= 0.6 is 0 Å². The summed E-state index contributed by atoms with van der Waals surface area (Å²) < 4.78 is 32.2. The Labute approximate surface area is 143 Å². The number of halogens is 2. The standard InChI is InChI=1S/C19H15F2N3O/c1-25-17-7-11(6-15(20)18(17)21)13-8-14(13)12-9-23-19(24-10-12)16-4-2-3-5-22-16/h2-7,9-10,13-14H,8H2,1H3/t13-,14+/m1/s1. The summed E-state index contributed by atoms with van der Waals surface area (Å²) in [6, 6.07) is 8.37. The molecule has 0 N–H and O–H groups in total. The second-order valence-corrected chi connectivity index (χ2v) is 6.02. The molecule has 1 aliphatic carbocycles. The summed E-state index contributed by atoms with van der Waals surface area (Å²) in [6.07, 6.45) is 6.10. The van der Waals surface area contributed by atoms with E-state index >= 15 is 0 Å². The van der Waals surface area contributed by atoms with E-state index in [-0.39, 0.29) is 17.6 Å². The van der Waals surface area contributed by atoms with Crippen molar-refractivity contribution in [2.24, 2.45) is 0 Å². The molecule has 2 atom stereocenters. The van der Waals surface area contributed by atoms with Crippen molar-refractivity contribution in [3.63, 3.8) is 0 Å². The van der Waals surface area contributed by atoms with Crippen LogP contribution in [0.25, 0.3) is 11.5 Å². The first-order valence-electron chi connectivity index (χ1n) is 7.93. The van der Waals surface area contributed by atoms with Crippen molar-refractivity contribution in [3.8, 4) is 17.3 Å². The van der Waals surface area contributed by atoms with Crippen molar-refractivity contribution in [1.29, 1.82) is 0 Å². The van der Waals surface area contributed by atoms with Crippen LogP contribution in [0.15, 0.2) is 48.9 Å². The second-order valence-electron chi connectivity index (χ2n) is 6.02. The van der Waals surface area contributed by atoms with E-state index < -0.39 is 11.6 Å². The molecule has 1 aliphatic rings. The maximum absolute atomic E-state index is 13.7. The highest BCUT2D eigenvalue weighted by Gasteiger charge is 2.40. The number of hydrogen-bond donors (Lipinski definition) is 0. The van der Waals surface area contributed by atoms with Gasteiger partial charge in [-0.05, 0) is 53.6 Å². The zero-order valence-electron chi connectivity index (χ0n) is 13.5. The van der Waals surface area contributed by atoms with Crippen molar-refractivity contribution < 1.29 is 13.5 Å². The Morgan fingerprint density at radius 3 is 2.44 bits per heavy atom. The first kappa shape index (κ1) is 15.6. The van der Waals surface area contributed by atoms with E-state index in [0.717, 1.165) is 17.5 Å². The molecule has 0 radical (unpaired) electrons. The van der Waals surface area contributed by atoms with Crippen LogP contribution in [0.2, 0.25) is 0 Å². The summed E-state index contributed by atoms with van der Waals surface area (Å²) in [5.74, 6) is -1.02. The minimum absolute atomic E-state index is 0.0672. The van der Waals surface area contributed by atoms with Crippen LogP contribution in [0, 0.1) is 11.6 Å². The smallest absolute Gasteiger partial charge is 0.200 e. The van der Waals surface area contributed by atoms with Gasteiger partial charge in [0.25, 0.3) is 0 Å². The Balaban J connectivity index is 1.55. The number of nitrogens with zero attached hydrogens (tertiary/aromatic N) is 3. The largest absolute Gasteiger partial charge is 0.494 e. The molecule has 4 nitrogen and oxygen atoms in total. The van der Waals surface area contributed by atoms with Crippen LogP contribution < -0.4 is 4.74 Å². The van der Waals surface area contributed by atoms with Gasteiger partial charge in [0.1, 0.15) is 5.69 Å². The van der Waals surface area contributed by atoms with Crippen LogP contribution in [0.1, 0.15) is 29.4 Å². The molecular formula is C19H15F2N3O. The summed E-state index contributed by atoms with van der Waals surface area (Å²) in [4.78, 5) is 13.0. The summed E-state index contributed by atoms with van der Waals surface area (Å²) in [5, 5.41) is 0. The molecule has 0 bridgehead atoms. The molecule has 25 heavy (non-hydrogen) atoms. The van der Waals surface area contributed by atoms with Crippen molar-refractivity contribution in [2.75, 3.05) is 7.11 Å². The number of methoxy groups -OCH3 is 1. The molecule has 126 valence electrons. The van der Waals surface area contributed by atoms with Gasteiger partial charge in [0.15, 0.2) is 17.4 Å². The van der Waals surface area contributed by atoms with Crippen LogP contribution in [-0.2, 0) is 0 Å². The number of hydrogen-bond acceptors (Lipinski definition) is 4. The zero-order valence-corrected chi connectivity index (χ0v) is 13.5. The number of benzene rings is 1. The lowest BCUT2D eigenvalue weighted by Crippen LogP contribution is -1.96. The topological polar surface area (TPSA) is 47.9 Å². The molecule has 4 rings (SSSR count). The molecule has 0 saturated heterocycles. The third-order valence-corrected chi connectivity index (χ3v) is 4.45. The average Bonchev–Trinajstić information content (AvgIpc) is 3.45. The lowest BCUT2D eigenvalue weighted by molar-refractivity contribution is 0.371. The predicted octanol–water partition coefficient (Wildman–Crippen LogP) is 4.10. The van der Waals surface area contributed by atoms with Gasteiger partial charge < -0.3 is 4.74 Å². The van der Waals surface area contributed by atoms with E-state index in [0.29, 0.717) is 11.5 Å². The van der Waals surface area contributed by atoms with Gasteiger partial charge in [-0.25, -0.2) is 14.4 Å². The summed E-state index contributed by atoms with van der Waals surface area (Å²) in [7, 11) is 1.33. The van der Waals surface area contributed by atoms with Gasteiger partial charge in [0.2, 0.25) is 5.82 Å². The van der Waals surface area contributed by atoms with E-state index in [4.69, 9.17) is 4.74 Å². The average molecular weight is 339 g/mol. The van der Waals surface area contributed by atoms with Crippen molar-refractivity contribution in [1.82, 2.24) is 15.0 Å². The minimum Gasteiger partial charge on any atom is -0.494 e. The second kappa shape index (κ2) is 6.20. The molecule has 6 heteroatoms. The Kier molecular flexibility index (Phi) is 3.87. The van der Waals surface area contributed by atoms with Crippen molar-refractivity contribution in [2.45, 2.75) is 18.3 Å². The molecule has 1 saturated carbocycles. The molecule has 0 unspecified atom stereocenters. The van der Waals surface area contributed by atoms with Crippen molar-refractivity contribution >= 4 is 0 Å². The molecule has 1 aromatic carbocycles. The van der Waals surface area contributed by atoms with Gasteiger partial charge in [0.05, 0.1) is 7.11 Å². The summed E-state index contributed by atoms with van der Waals surface area (Å²) >= 11 is 0. The predicted molar refractivity (Wildman–Crippen MR) is 88.3 cm³/mol. The minimum atomic E-state index is -0.952. The fourth-order valence-corrected chi connectivity index (χ4v) is 3.03. The first-order chi connectivity index (χ1) is 12.2. The maximum atomic E-state index is 13.7. The molecule has 0 spiro atoms. The zero-order chi connectivity index (χ0) is 17.4. The van der Waals surface area contributed by atoms with E-state index in [1.54, 1.807) is 24.7 Å². The van der Waals surface area contributed by atoms with Crippen LogP contribution in [0.5, 0.6) is 5.75 Å². The highest BCUT2D eigenvalue weighted by molar-refractivity contribution is 5.48. The van der Waals surface area contributed by atoms with E-state index in [9.17, 15) is 8.78 Å². The Morgan fingerprint density at radius 2 is 1.76 bits per heavy atom. The van der Waals surface area contributed by atoms with Crippen LogP contribution in [0.4, 0.5) is 8.78 Å². The summed E-state index contributed by atoms with van der Waals surface area (Å²) in [6.45, 7) is 0. The normalized spacial score (nSPS) is 18.8. The maximum Gasteiger partial charge on any atom is 0.200 e. The molecule has 0 amide bonds. The third kappa shape index (κ3) is 2.95.